The number of carbonyl (C=O) groups is 2. The number of anilines is 2. The highest BCUT2D eigenvalue weighted by atomic mass is 16.5. The molecule has 3 heterocycles. The summed E-state index contributed by atoms with van der Waals surface area (Å²) >= 11 is 0. The van der Waals surface area contributed by atoms with Crippen LogP contribution in [0.1, 0.15) is 21.7 Å². The molecule has 194 valence electrons. The lowest BCUT2D eigenvalue weighted by Crippen LogP contribution is -2.49. The Bertz CT molecular complexity index is 1410. The number of para-hydroxylation sites is 3. The minimum atomic E-state index is -0.255. The van der Waals surface area contributed by atoms with Crippen molar-refractivity contribution in [2.75, 3.05) is 36.4 Å². The lowest BCUT2D eigenvalue weighted by molar-refractivity contribution is -0.132. The first-order valence-corrected chi connectivity index (χ1v) is 12.6. The van der Waals surface area contributed by atoms with Gasteiger partial charge in [0, 0.05) is 44.1 Å². The molecule has 38 heavy (non-hydrogen) atoms. The molecule has 0 radical (unpaired) electrons. The van der Waals surface area contributed by atoms with Gasteiger partial charge in [-0.1, -0.05) is 30.3 Å². The normalized spacial score (nSPS) is 13.3. The number of benzene rings is 2. The van der Waals surface area contributed by atoms with Gasteiger partial charge in [-0.3, -0.25) is 14.3 Å². The number of piperazine rings is 1. The number of carbonyl (C=O) groups excluding carboxylic acids is 2. The second kappa shape index (κ2) is 11.2. The van der Waals surface area contributed by atoms with Gasteiger partial charge in [0.15, 0.2) is 0 Å². The molecule has 0 bridgehead atoms. The molecule has 0 unspecified atom stereocenters. The van der Waals surface area contributed by atoms with E-state index in [1.165, 1.54) is 6.20 Å². The molecule has 4 aromatic rings. The zero-order valence-corrected chi connectivity index (χ0v) is 21.5. The number of aryl methyl sites for hydroxylation is 2. The van der Waals surface area contributed by atoms with Crippen molar-refractivity contribution in [3.8, 4) is 11.6 Å². The standard InChI is InChI=1S/C29H30N6O3/c1-21-18-22(2)35(32-21)20-28(36)34-16-14-33(15-17-34)26-11-7-6-10-25(26)31-29(37)23-12-13-27(30-19-23)38-24-8-4-3-5-9-24/h3-13,18-19H,14-17,20H2,1-2H3,(H,31,37). The first-order chi connectivity index (χ1) is 18.5. The quantitative estimate of drug-likeness (QED) is 0.399. The Morgan fingerprint density at radius 2 is 1.66 bits per heavy atom. The highest BCUT2D eigenvalue weighted by Gasteiger charge is 2.24. The Labute approximate surface area is 221 Å². The van der Waals surface area contributed by atoms with E-state index in [-0.39, 0.29) is 18.4 Å². The maximum atomic E-state index is 13.0. The molecule has 1 aliphatic rings. The summed E-state index contributed by atoms with van der Waals surface area (Å²) in [5, 5.41) is 7.42. The van der Waals surface area contributed by atoms with Crippen molar-refractivity contribution in [1.82, 2.24) is 19.7 Å². The van der Waals surface area contributed by atoms with Crippen molar-refractivity contribution in [1.29, 1.82) is 0 Å². The summed E-state index contributed by atoms with van der Waals surface area (Å²) in [5.74, 6) is 0.900. The van der Waals surface area contributed by atoms with Crippen molar-refractivity contribution in [3.63, 3.8) is 0 Å². The smallest absolute Gasteiger partial charge is 0.257 e. The number of hydrogen-bond acceptors (Lipinski definition) is 6. The Morgan fingerprint density at radius 1 is 0.921 bits per heavy atom. The molecule has 5 rings (SSSR count). The molecular formula is C29H30N6O3. The summed E-state index contributed by atoms with van der Waals surface area (Å²) in [6.45, 7) is 6.68. The van der Waals surface area contributed by atoms with E-state index in [4.69, 9.17) is 4.74 Å². The summed E-state index contributed by atoms with van der Waals surface area (Å²) in [6, 6.07) is 22.4. The molecular weight excluding hydrogens is 480 g/mol. The molecule has 1 N–H and O–H groups in total. The monoisotopic (exact) mass is 510 g/mol. The fourth-order valence-electron chi connectivity index (χ4n) is 4.49. The van der Waals surface area contributed by atoms with Gasteiger partial charge in [0.05, 0.1) is 22.6 Å². The number of nitrogens with zero attached hydrogens (tertiary/aromatic N) is 5. The molecule has 0 saturated carbocycles. The Balaban J connectivity index is 1.19. The van der Waals surface area contributed by atoms with Crippen molar-refractivity contribution < 1.29 is 14.3 Å². The third-order valence-electron chi connectivity index (χ3n) is 6.48. The van der Waals surface area contributed by atoms with Gasteiger partial charge in [-0.15, -0.1) is 0 Å². The van der Waals surface area contributed by atoms with E-state index in [0.29, 0.717) is 49.1 Å². The number of amides is 2. The van der Waals surface area contributed by atoms with Gasteiger partial charge in [-0.25, -0.2) is 4.98 Å². The van der Waals surface area contributed by atoms with Gasteiger partial charge in [-0.2, -0.15) is 5.10 Å². The number of rotatable bonds is 7. The predicted octanol–water partition coefficient (Wildman–Crippen LogP) is 4.29. The number of pyridine rings is 1. The second-order valence-corrected chi connectivity index (χ2v) is 9.22. The van der Waals surface area contributed by atoms with E-state index < -0.39 is 0 Å². The predicted molar refractivity (Wildman–Crippen MR) is 146 cm³/mol. The van der Waals surface area contributed by atoms with Crippen LogP contribution in [-0.2, 0) is 11.3 Å². The van der Waals surface area contributed by atoms with Gasteiger partial charge in [0.2, 0.25) is 11.8 Å². The van der Waals surface area contributed by atoms with E-state index >= 15 is 0 Å². The lowest BCUT2D eigenvalue weighted by atomic mass is 10.2. The second-order valence-electron chi connectivity index (χ2n) is 9.22. The van der Waals surface area contributed by atoms with E-state index in [2.05, 4.69) is 20.3 Å². The molecule has 0 atom stereocenters. The number of hydrogen-bond donors (Lipinski definition) is 1. The van der Waals surface area contributed by atoms with E-state index in [1.54, 1.807) is 16.8 Å². The van der Waals surface area contributed by atoms with Crippen molar-refractivity contribution >= 4 is 23.2 Å². The molecule has 2 aromatic carbocycles. The van der Waals surface area contributed by atoms with Gasteiger partial charge in [0.1, 0.15) is 12.3 Å². The summed E-state index contributed by atoms with van der Waals surface area (Å²) in [5.41, 5.74) is 3.95. The topological polar surface area (TPSA) is 92.6 Å². The summed E-state index contributed by atoms with van der Waals surface area (Å²) in [6.07, 6.45) is 1.50. The zero-order chi connectivity index (χ0) is 26.5. The number of aromatic nitrogens is 3. The van der Waals surface area contributed by atoms with Crippen LogP contribution in [0.5, 0.6) is 11.6 Å². The van der Waals surface area contributed by atoms with Crippen LogP contribution in [-0.4, -0.2) is 57.7 Å². The van der Waals surface area contributed by atoms with Crippen LogP contribution in [0, 0.1) is 13.8 Å². The Morgan fingerprint density at radius 3 is 2.34 bits per heavy atom. The molecule has 0 spiro atoms. The largest absolute Gasteiger partial charge is 0.439 e. The highest BCUT2D eigenvalue weighted by molar-refractivity contribution is 6.05. The molecule has 9 heteroatoms. The number of nitrogens with one attached hydrogen (secondary N) is 1. The zero-order valence-electron chi connectivity index (χ0n) is 21.5. The first kappa shape index (κ1) is 25.0. The molecule has 9 nitrogen and oxygen atoms in total. The lowest BCUT2D eigenvalue weighted by Gasteiger charge is -2.37. The van der Waals surface area contributed by atoms with E-state index in [1.807, 2.05) is 79.4 Å². The molecule has 2 aromatic heterocycles. The Hall–Kier alpha value is -4.66. The minimum Gasteiger partial charge on any atom is -0.439 e. The van der Waals surface area contributed by atoms with Crippen molar-refractivity contribution in [2.24, 2.45) is 0 Å². The van der Waals surface area contributed by atoms with Crippen molar-refractivity contribution in [2.45, 2.75) is 20.4 Å². The third kappa shape index (κ3) is 5.83. The molecule has 2 amide bonds. The molecule has 1 aliphatic heterocycles. The SMILES string of the molecule is Cc1cc(C)n(CC(=O)N2CCN(c3ccccc3NC(=O)c3ccc(Oc4ccccc4)nc3)CC2)n1. The van der Waals surface area contributed by atoms with Crippen LogP contribution in [0.4, 0.5) is 11.4 Å². The van der Waals surface area contributed by atoms with Crippen LogP contribution < -0.4 is 15.0 Å². The summed E-state index contributed by atoms with van der Waals surface area (Å²) < 4.78 is 7.47. The summed E-state index contributed by atoms with van der Waals surface area (Å²) in [7, 11) is 0. The third-order valence-corrected chi connectivity index (χ3v) is 6.48. The fourth-order valence-corrected chi connectivity index (χ4v) is 4.49. The van der Waals surface area contributed by atoms with Crippen LogP contribution in [0.15, 0.2) is 79.0 Å². The molecule has 0 aliphatic carbocycles. The average Bonchev–Trinajstić information content (AvgIpc) is 3.26. The molecule has 1 fully saturated rings. The van der Waals surface area contributed by atoms with Gasteiger partial charge < -0.3 is 19.9 Å². The van der Waals surface area contributed by atoms with Gasteiger partial charge in [0.25, 0.3) is 5.91 Å². The van der Waals surface area contributed by atoms with Crippen LogP contribution in [0.25, 0.3) is 0 Å². The van der Waals surface area contributed by atoms with Crippen LogP contribution >= 0.6 is 0 Å². The van der Waals surface area contributed by atoms with Gasteiger partial charge in [-0.05, 0) is 50.2 Å². The Kier molecular flexibility index (Phi) is 7.35. The maximum Gasteiger partial charge on any atom is 0.257 e. The van der Waals surface area contributed by atoms with E-state index in [9.17, 15) is 9.59 Å². The number of ether oxygens (including phenoxy) is 1. The fraction of sp³-hybridized carbons (Fsp3) is 0.241. The average molecular weight is 511 g/mol. The van der Waals surface area contributed by atoms with Gasteiger partial charge >= 0.3 is 0 Å². The summed E-state index contributed by atoms with van der Waals surface area (Å²) in [4.78, 5) is 34.2. The van der Waals surface area contributed by atoms with Crippen LogP contribution in [0.2, 0.25) is 0 Å². The van der Waals surface area contributed by atoms with Crippen molar-refractivity contribution in [3.05, 3.63) is 95.9 Å². The van der Waals surface area contributed by atoms with E-state index in [0.717, 1.165) is 17.1 Å². The molecule has 1 saturated heterocycles. The maximum absolute atomic E-state index is 13.0. The highest BCUT2D eigenvalue weighted by Crippen LogP contribution is 2.27. The first-order valence-electron chi connectivity index (χ1n) is 12.6. The van der Waals surface area contributed by atoms with Crippen LogP contribution in [0.3, 0.4) is 0 Å². The minimum absolute atomic E-state index is 0.0598.